The maximum absolute atomic E-state index is 2.60. The zero-order valence-electron chi connectivity index (χ0n) is 19.6. The summed E-state index contributed by atoms with van der Waals surface area (Å²) in [5.74, 6) is 10.1. The first-order chi connectivity index (χ1) is 14.4. The van der Waals surface area contributed by atoms with E-state index in [0.29, 0.717) is 0 Å². The predicted molar refractivity (Wildman–Crippen MR) is 125 cm³/mol. The molecule has 8 saturated carbocycles. The van der Waals surface area contributed by atoms with Crippen molar-refractivity contribution in [3.05, 3.63) is 34.9 Å². The fourth-order valence-electron chi connectivity index (χ4n) is 10.9. The van der Waals surface area contributed by atoms with Gasteiger partial charge >= 0.3 is 0 Å². The van der Waals surface area contributed by atoms with Gasteiger partial charge in [-0.15, -0.1) is 0 Å². The minimum Gasteiger partial charge on any atom is -0.0617 e. The molecule has 8 aliphatic carbocycles. The average molecular weight is 403 g/mol. The van der Waals surface area contributed by atoms with Gasteiger partial charge in [0.05, 0.1) is 0 Å². The Kier molecular flexibility index (Phi) is 3.99. The molecule has 0 amide bonds. The second-order valence-corrected chi connectivity index (χ2v) is 14.0. The summed E-state index contributed by atoms with van der Waals surface area (Å²) in [6.45, 7) is 7.59. The van der Waals surface area contributed by atoms with E-state index >= 15 is 0 Å². The SMILES string of the molecule is CC(C)(C)c1c(C2C3CC4CC(C3)CC2C4)cccc1C1C2CC3CC(C2)CC1C3. The highest BCUT2D eigenvalue weighted by Crippen LogP contribution is 2.63. The van der Waals surface area contributed by atoms with Gasteiger partial charge in [-0.3, -0.25) is 0 Å². The predicted octanol–water partition coefficient (Wildman–Crippen LogP) is 8.06. The molecule has 1 aromatic carbocycles. The zero-order chi connectivity index (χ0) is 20.2. The molecule has 0 spiro atoms. The van der Waals surface area contributed by atoms with Crippen LogP contribution >= 0.6 is 0 Å². The van der Waals surface area contributed by atoms with Crippen LogP contribution in [0.25, 0.3) is 0 Å². The summed E-state index contributed by atoms with van der Waals surface area (Å²) in [6.07, 6.45) is 15.5. The number of hydrogen-bond acceptors (Lipinski definition) is 0. The van der Waals surface area contributed by atoms with Crippen molar-refractivity contribution in [3.8, 4) is 0 Å². The Morgan fingerprint density at radius 3 is 1.17 bits per heavy atom. The Bertz CT molecular complexity index is 722. The number of benzene rings is 1. The molecule has 8 fully saturated rings. The van der Waals surface area contributed by atoms with Gasteiger partial charge in [0, 0.05) is 0 Å². The molecule has 0 N–H and O–H groups in total. The molecule has 0 aromatic heterocycles. The Morgan fingerprint density at radius 2 is 0.867 bits per heavy atom. The van der Waals surface area contributed by atoms with Crippen molar-refractivity contribution in [3.63, 3.8) is 0 Å². The Morgan fingerprint density at radius 1 is 0.533 bits per heavy atom. The van der Waals surface area contributed by atoms with Crippen molar-refractivity contribution in [2.75, 3.05) is 0 Å². The van der Waals surface area contributed by atoms with Gasteiger partial charge in [0.2, 0.25) is 0 Å². The highest BCUT2D eigenvalue weighted by molar-refractivity contribution is 5.46. The van der Waals surface area contributed by atoms with E-state index in [2.05, 4.69) is 39.0 Å². The van der Waals surface area contributed by atoms with E-state index in [9.17, 15) is 0 Å². The summed E-state index contributed by atoms with van der Waals surface area (Å²) in [5, 5.41) is 0. The van der Waals surface area contributed by atoms with Gasteiger partial charge in [0.25, 0.3) is 0 Å². The number of rotatable bonds is 2. The lowest BCUT2D eigenvalue weighted by Gasteiger charge is -2.57. The van der Waals surface area contributed by atoms with Crippen LogP contribution in [0.1, 0.15) is 114 Å². The summed E-state index contributed by atoms with van der Waals surface area (Å²) in [6, 6.07) is 7.70. The van der Waals surface area contributed by atoms with Crippen LogP contribution in [0, 0.1) is 47.3 Å². The van der Waals surface area contributed by atoms with E-state index < -0.39 is 0 Å². The van der Waals surface area contributed by atoms with Crippen LogP contribution in [0.5, 0.6) is 0 Å². The molecular weight excluding hydrogens is 360 g/mol. The largest absolute Gasteiger partial charge is 0.0617 e. The van der Waals surface area contributed by atoms with Crippen LogP contribution in [-0.4, -0.2) is 0 Å². The van der Waals surface area contributed by atoms with E-state index in [4.69, 9.17) is 0 Å². The van der Waals surface area contributed by atoms with Crippen molar-refractivity contribution in [2.45, 2.75) is 102 Å². The maximum Gasteiger partial charge on any atom is -0.0102 e. The van der Waals surface area contributed by atoms with Crippen LogP contribution in [-0.2, 0) is 5.41 Å². The highest BCUT2D eigenvalue weighted by atomic mass is 14.6. The first-order valence-electron chi connectivity index (χ1n) is 13.6. The lowest BCUT2D eigenvalue weighted by atomic mass is 9.48. The van der Waals surface area contributed by atoms with Gasteiger partial charge in [0.15, 0.2) is 0 Å². The van der Waals surface area contributed by atoms with Gasteiger partial charge < -0.3 is 0 Å². The molecule has 0 nitrogen and oxygen atoms in total. The van der Waals surface area contributed by atoms with Gasteiger partial charge in [-0.25, -0.2) is 0 Å². The lowest BCUT2D eigenvalue weighted by molar-refractivity contribution is -0.00598. The fraction of sp³-hybridized carbons (Fsp3) is 0.800. The van der Waals surface area contributed by atoms with Gasteiger partial charge in [-0.05, 0) is 145 Å². The standard InChI is InChI=1S/C30H42/c1-30(2,3)29-25(27-21-9-17-7-18(11-21)12-22(27)10-17)5-4-6-26(29)28-23-13-19-8-20(15-23)16-24(28)14-19/h4-6,17-24,27-28H,7-16H2,1-3H3. The van der Waals surface area contributed by atoms with Gasteiger partial charge in [-0.2, -0.15) is 0 Å². The maximum atomic E-state index is 2.60. The summed E-state index contributed by atoms with van der Waals surface area (Å²) < 4.78 is 0. The summed E-state index contributed by atoms with van der Waals surface area (Å²) >= 11 is 0. The first kappa shape index (κ1) is 18.8. The van der Waals surface area contributed by atoms with E-state index in [0.717, 1.165) is 59.2 Å². The number of hydrogen-bond donors (Lipinski definition) is 0. The molecule has 162 valence electrons. The van der Waals surface area contributed by atoms with E-state index in [1.807, 2.05) is 16.7 Å². The normalized spacial score (nSPS) is 48.5. The van der Waals surface area contributed by atoms with Crippen molar-refractivity contribution in [1.29, 1.82) is 0 Å². The minimum atomic E-state index is 0.273. The molecule has 30 heavy (non-hydrogen) atoms. The molecule has 1 aromatic rings. The third kappa shape index (κ3) is 2.70. The van der Waals surface area contributed by atoms with E-state index in [1.165, 1.54) is 0 Å². The molecule has 0 unspecified atom stereocenters. The molecular formula is C30H42. The minimum absolute atomic E-state index is 0.273. The Balaban J connectivity index is 1.33. The molecule has 0 aliphatic heterocycles. The molecule has 0 saturated heterocycles. The fourth-order valence-corrected chi connectivity index (χ4v) is 10.9. The third-order valence-corrected chi connectivity index (χ3v) is 11.1. The average Bonchev–Trinajstić information content (AvgIpc) is 2.65. The van der Waals surface area contributed by atoms with Crippen LogP contribution in [0.3, 0.4) is 0 Å². The Labute approximate surface area is 184 Å². The summed E-state index contributed by atoms with van der Waals surface area (Å²) in [4.78, 5) is 0. The third-order valence-electron chi connectivity index (χ3n) is 11.1. The lowest BCUT2D eigenvalue weighted by Crippen LogP contribution is -2.45. The molecule has 0 radical (unpaired) electrons. The molecule has 0 atom stereocenters. The van der Waals surface area contributed by atoms with Gasteiger partial charge in [-0.1, -0.05) is 39.0 Å². The molecule has 8 bridgehead atoms. The van der Waals surface area contributed by atoms with Crippen molar-refractivity contribution in [2.24, 2.45) is 47.3 Å². The van der Waals surface area contributed by atoms with Crippen LogP contribution in [0.4, 0.5) is 0 Å². The monoisotopic (exact) mass is 402 g/mol. The van der Waals surface area contributed by atoms with Crippen LogP contribution in [0.2, 0.25) is 0 Å². The smallest absolute Gasteiger partial charge is 0.0102 e. The molecule has 9 rings (SSSR count). The second kappa shape index (κ2) is 6.39. The van der Waals surface area contributed by atoms with Gasteiger partial charge in [0.1, 0.15) is 0 Å². The van der Waals surface area contributed by atoms with Crippen molar-refractivity contribution < 1.29 is 0 Å². The van der Waals surface area contributed by atoms with Crippen molar-refractivity contribution in [1.82, 2.24) is 0 Å². The summed E-state index contributed by atoms with van der Waals surface area (Å²) in [5.41, 5.74) is 5.74. The zero-order valence-corrected chi connectivity index (χ0v) is 19.6. The molecule has 0 heteroatoms. The quantitative estimate of drug-likeness (QED) is 0.469. The molecule has 8 aliphatic rings. The topological polar surface area (TPSA) is 0 Å². The van der Waals surface area contributed by atoms with E-state index in [-0.39, 0.29) is 5.41 Å². The second-order valence-electron chi connectivity index (χ2n) is 14.0. The molecule has 0 heterocycles. The first-order valence-corrected chi connectivity index (χ1v) is 13.6. The summed E-state index contributed by atoms with van der Waals surface area (Å²) in [7, 11) is 0. The van der Waals surface area contributed by atoms with Crippen LogP contribution in [0.15, 0.2) is 18.2 Å². The van der Waals surface area contributed by atoms with Crippen LogP contribution < -0.4 is 0 Å². The van der Waals surface area contributed by atoms with Crippen molar-refractivity contribution >= 4 is 0 Å². The van der Waals surface area contributed by atoms with E-state index in [1.54, 1.807) is 64.2 Å². The highest BCUT2D eigenvalue weighted by Gasteiger charge is 2.52. The Hall–Kier alpha value is -0.780.